The van der Waals surface area contributed by atoms with Crippen molar-refractivity contribution in [3.05, 3.63) is 59.3 Å². The summed E-state index contributed by atoms with van der Waals surface area (Å²) in [4.78, 5) is 17.9. The minimum atomic E-state index is -4.55. The van der Waals surface area contributed by atoms with Gasteiger partial charge in [0.2, 0.25) is 0 Å². The van der Waals surface area contributed by atoms with Gasteiger partial charge in [-0.1, -0.05) is 5.21 Å². The summed E-state index contributed by atoms with van der Waals surface area (Å²) in [5.41, 5.74) is 1.32. The quantitative estimate of drug-likeness (QED) is 0.279. The maximum Gasteiger partial charge on any atom is 0.417 e. The number of halogens is 3. The monoisotopic (exact) mass is 596 g/mol. The van der Waals surface area contributed by atoms with Gasteiger partial charge in [0.1, 0.15) is 40.3 Å². The lowest BCUT2D eigenvalue weighted by Crippen LogP contribution is -2.42. The van der Waals surface area contributed by atoms with Gasteiger partial charge >= 0.3 is 12.3 Å². The first-order valence-corrected chi connectivity index (χ1v) is 13.8. The first-order valence-electron chi connectivity index (χ1n) is 13.8. The van der Waals surface area contributed by atoms with Gasteiger partial charge in [-0.2, -0.15) is 23.5 Å². The van der Waals surface area contributed by atoms with E-state index in [2.05, 4.69) is 26.5 Å². The molecule has 1 unspecified atom stereocenters. The van der Waals surface area contributed by atoms with Crippen LogP contribution >= 0.6 is 0 Å². The van der Waals surface area contributed by atoms with E-state index in [0.717, 1.165) is 18.0 Å². The summed E-state index contributed by atoms with van der Waals surface area (Å²) in [7, 11) is 0. The Kier molecular flexibility index (Phi) is 7.76. The third kappa shape index (κ3) is 6.25. The molecule has 1 fully saturated rings. The molecular weight excluding hydrogens is 565 g/mol. The molecule has 11 nitrogen and oxygen atoms in total. The number of rotatable bonds is 5. The van der Waals surface area contributed by atoms with Crippen molar-refractivity contribution in [3.63, 3.8) is 0 Å². The third-order valence-corrected chi connectivity index (χ3v) is 7.22. The minimum absolute atomic E-state index is 0.0164. The Morgan fingerprint density at radius 1 is 1.14 bits per heavy atom. The van der Waals surface area contributed by atoms with Gasteiger partial charge in [0.05, 0.1) is 23.5 Å². The number of aromatic nitrogens is 6. The normalized spacial score (nSPS) is 15.4. The molecule has 226 valence electrons. The molecule has 1 aliphatic heterocycles. The summed E-state index contributed by atoms with van der Waals surface area (Å²) < 4.78 is 54.8. The number of carbonyl (C=O) groups is 1. The fourth-order valence-electron chi connectivity index (χ4n) is 5.05. The second kappa shape index (κ2) is 11.2. The van der Waals surface area contributed by atoms with E-state index in [-0.39, 0.29) is 29.0 Å². The summed E-state index contributed by atoms with van der Waals surface area (Å²) in [5, 5.41) is 22.8. The Balaban J connectivity index is 1.42. The molecule has 0 saturated carbocycles. The zero-order valence-electron chi connectivity index (χ0n) is 24.4. The van der Waals surface area contributed by atoms with Crippen molar-refractivity contribution in [2.45, 2.75) is 71.4 Å². The van der Waals surface area contributed by atoms with Crippen molar-refractivity contribution in [2.75, 3.05) is 13.1 Å². The molecule has 0 aliphatic carbocycles. The predicted octanol–water partition coefficient (Wildman–Crippen LogP) is 5.90. The van der Waals surface area contributed by atoms with Gasteiger partial charge in [-0.3, -0.25) is 4.98 Å². The SMILES string of the molecule is Cc1c(-c2cc(OC(C)c3cncc(C(F)(F)F)c3)c3c(C#N)cnn3c2)nnn1C1CCN(C(=O)OC(C)(C)C)CC1. The van der Waals surface area contributed by atoms with Crippen LogP contribution in [0.3, 0.4) is 0 Å². The van der Waals surface area contributed by atoms with Gasteiger partial charge in [-0.25, -0.2) is 14.0 Å². The third-order valence-electron chi connectivity index (χ3n) is 7.22. The van der Waals surface area contributed by atoms with Gasteiger partial charge in [0.15, 0.2) is 0 Å². The molecule has 1 amide bonds. The highest BCUT2D eigenvalue weighted by molar-refractivity contribution is 5.75. The number of likely N-dealkylation sites (tertiary alicyclic amines) is 1. The number of hydrogen-bond donors (Lipinski definition) is 0. The Labute approximate surface area is 245 Å². The molecule has 0 radical (unpaired) electrons. The molecular formula is C29H31F3N8O3. The van der Waals surface area contributed by atoms with Crippen LogP contribution in [0.5, 0.6) is 5.75 Å². The Hall–Kier alpha value is -4.67. The van der Waals surface area contributed by atoms with E-state index in [0.29, 0.717) is 42.7 Å². The molecule has 1 aliphatic rings. The number of piperidine rings is 1. The number of carbonyl (C=O) groups excluding carboxylic acids is 1. The van der Waals surface area contributed by atoms with Gasteiger partial charge in [0, 0.05) is 42.8 Å². The fraction of sp³-hybridized carbons (Fsp3) is 0.448. The number of alkyl halides is 3. The van der Waals surface area contributed by atoms with E-state index in [1.54, 1.807) is 24.1 Å². The maximum absolute atomic E-state index is 13.3. The molecule has 0 spiro atoms. The Morgan fingerprint density at radius 2 is 1.86 bits per heavy atom. The largest absolute Gasteiger partial charge is 0.484 e. The highest BCUT2D eigenvalue weighted by Gasteiger charge is 2.32. The second-order valence-electron chi connectivity index (χ2n) is 11.5. The zero-order valence-corrected chi connectivity index (χ0v) is 24.4. The lowest BCUT2D eigenvalue weighted by molar-refractivity contribution is -0.137. The van der Waals surface area contributed by atoms with E-state index in [4.69, 9.17) is 9.47 Å². The van der Waals surface area contributed by atoms with Crippen LogP contribution in [0, 0.1) is 18.3 Å². The van der Waals surface area contributed by atoms with E-state index in [9.17, 15) is 23.2 Å². The average Bonchev–Trinajstić information content (AvgIpc) is 3.55. The zero-order chi connectivity index (χ0) is 31.1. The molecule has 0 aromatic carbocycles. The number of pyridine rings is 2. The minimum Gasteiger partial charge on any atom is -0.484 e. The number of nitrogens with zero attached hydrogens (tertiary/aromatic N) is 8. The van der Waals surface area contributed by atoms with Crippen molar-refractivity contribution >= 4 is 11.6 Å². The first kappa shape index (κ1) is 29.8. The molecule has 14 heteroatoms. The summed E-state index contributed by atoms with van der Waals surface area (Å²) in [5.74, 6) is 0.246. The van der Waals surface area contributed by atoms with E-state index in [1.807, 2.05) is 32.4 Å². The number of amides is 1. The summed E-state index contributed by atoms with van der Waals surface area (Å²) in [6.07, 6.45) is 0.782. The summed E-state index contributed by atoms with van der Waals surface area (Å²) in [6, 6.07) is 4.77. The maximum atomic E-state index is 13.3. The van der Waals surface area contributed by atoms with Gasteiger partial charge < -0.3 is 14.4 Å². The molecule has 1 atom stereocenters. The number of ether oxygens (including phenoxy) is 2. The van der Waals surface area contributed by atoms with Crippen LogP contribution in [-0.2, 0) is 10.9 Å². The van der Waals surface area contributed by atoms with Crippen molar-refractivity contribution in [1.29, 1.82) is 5.26 Å². The highest BCUT2D eigenvalue weighted by atomic mass is 19.4. The van der Waals surface area contributed by atoms with Crippen molar-refractivity contribution in [3.8, 4) is 23.1 Å². The van der Waals surface area contributed by atoms with Gasteiger partial charge in [-0.05, 0) is 59.6 Å². The van der Waals surface area contributed by atoms with Crippen LogP contribution in [0.25, 0.3) is 16.8 Å². The van der Waals surface area contributed by atoms with Crippen LogP contribution in [-0.4, -0.2) is 59.3 Å². The van der Waals surface area contributed by atoms with Crippen LogP contribution < -0.4 is 4.74 Å². The standard InChI is InChI=1S/C29H31F3N8O3/c1-17-25(36-37-40(17)23-6-8-38(9-7-23)27(41)43-28(3,4)5)20-11-24(26-21(12-33)14-35-39(26)16-20)42-18(2)19-10-22(15-34-13-19)29(30,31)32/h10-11,13-16,18,23H,6-9H2,1-5H3. The van der Waals surface area contributed by atoms with Gasteiger partial charge in [-0.15, -0.1) is 5.10 Å². The summed E-state index contributed by atoms with van der Waals surface area (Å²) in [6.45, 7) is 10.0. The molecule has 0 bridgehead atoms. The topological polar surface area (TPSA) is 123 Å². The lowest BCUT2D eigenvalue weighted by atomic mass is 10.0. The van der Waals surface area contributed by atoms with E-state index < -0.39 is 23.4 Å². The number of fused-ring (bicyclic) bond motifs is 1. The van der Waals surface area contributed by atoms with Gasteiger partial charge in [0.25, 0.3) is 0 Å². The van der Waals surface area contributed by atoms with Crippen molar-refractivity contribution in [1.82, 2.24) is 34.5 Å². The highest BCUT2D eigenvalue weighted by Crippen LogP contribution is 2.36. The number of hydrogen-bond acceptors (Lipinski definition) is 8. The first-order chi connectivity index (χ1) is 20.2. The number of nitriles is 1. The van der Waals surface area contributed by atoms with Crippen molar-refractivity contribution < 1.29 is 27.4 Å². The van der Waals surface area contributed by atoms with Crippen LogP contribution in [0.4, 0.5) is 18.0 Å². The molecule has 4 aromatic rings. The van der Waals surface area contributed by atoms with Crippen LogP contribution in [0.15, 0.2) is 36.9 Å². The molecule has 5 rings (SSSR count). The second-order valence-corrected chi connectivity index (χ2v) is 11.5. The molecule has 43 heavy (non-hydrogen) atoms. The van der Waals surface area contributed by atoms with Crippen molar-refractivity contribution in [2.24, 2.45) is 0 Å². The fourth-order valence-corrected chi connectivity index (χ4v) is 5.05. The Morgan fingerprint density at radius 3 is 2.51 bits per heavy atom. The van der Waals surface area contributed by atoms with E-state index >= 15 is 0 Å². The smallest absolute Gasteiger partial charge is 0.417 e. The molecule has 0 N–H and O–H groups in total. The molecule has 4 aromatic heterocycles. The molecule has 5 heterocycles. The van der Waals surface area contributed by atoms with Crippen LogP contribution in [0.1, 0.15) is 75.1 Å². The average molecular weight is 597 g/mol. The predicted molar refractivity (Wildman–Crippen MR) is 148 cm³/mol. The van der Waals surface area contributed by atoms with Crippen LogP contribution in [0.2, 0.25) is 0 Å². The lowest BCUT2D eigenvalue weighted by Gasteiger charge is -2.33. The van der Waals surface area contributed by atoms with E-state index in [1.165, 1.54) is 16.9 Å². The summed E-state index contributed by atoms with van der Waals surface area (Å²) >= 11 is 0. The Bertz CT molecular complexity index is 1690. The molecule has 1 saturated heterocycles.